The van der Waals surface area contributed by atoms with Crippen molar-refractivity contribution in [2.75, 3.05) is 13.1 Å². The van der Waals surface area contributed by atoms with Crippen LogP contribution in [0, 0.1) is 6.92 Å². The molecule has 2 aromatic heterocycles. The summed E-state index contributed by atoms with van der Waals surface area (Å²) in [5.74, 6) is 1.30. The molecule has 0 bridgehead atoms. The molecule has 3 aromatic rings. The number of rotatable bonds is 4. The first-order valence-electron chi connectivity index (χ1n) is 9.62. The Balaban J connectivity index is 1.50. The van der Waals surface area contributed by atoms with Gasteiger partial charge >= 0.3 is 0 Å². The fraction of sp³-hybridized carbons (Fsp3) is 0.364. The molecule has 6 heteroatoms. The second-order valence-electron chi connectivity index (χ2n) is 7.74. The Morgan fingerprint density at radius 1 is 1.21 bits per heavy atom. The van der Waals surface area contributed by atoms with Crippen molar-refractivity contribution in [3.05, 3.63) is 65.7 Å². The van der Waals surface area contributed by atoms with Gasteiger partial charge in [-0.15, -0.1) is 0 Å². The number of hydrogen-bond donors (Lipinski definition) is 0. The number of benzene rings is 1. The lowest BCUT2D eigenvalue weighted by molar-refractivity contribution is -0.132. The summed E-state index contributed by atoms with van der Waals surface area (Å²) in [5.41, 5.74) is 2.77. The van der Waals surface area contributed by atoms with Gasteiger partial charge < -0.3 is 9.42 Å². The second-order valence-corrected chi connectivity index (χ2v) is 7.74. The first-order valence-corrected chi connectivity index (χ1v) is 9.62. The van der Waals surface area contributed by atoms with Crippen molar-refractivity contribution in [3.8, 4) is 11.5 Å². The minimum atomic E-state index is -0.311. The topological polar surface area (TPSA) is 72.1 Å². The maximum absolute atomic E-state index is 12.9. The summed E-state index contributed by atoms with van der Waals surface area (Å²) < 4.78 is 5.48. The zero-order valence-electron chi connectivity index (χ0n) is 16.3. The predicted molar refractivity (Wildman–Crippen MR) is 106 cm³/mol. The van der Waals surface area contributed by atoms with Crippen LogP contribution in [0.5, 0.6) is 0 Å². The van der Waals surface area contributed by atoms with Crippen LogP contribution in [0.15, 0.2) is 53.3 Å². The summed E-state index contributed by atoms with van der Waals surface area (Å²) in [5, 5.41) is 4.24. The van der Waals surface area contributed by atoms with Crippen LogP contribution in [0.4, 0.5) is 0 Å². The summed E-state index contributed by atoms with van der Waals surface area (Å²) in [7, 11) is 0. The first kappa shape index (κ1) is 18.3. The molecule has 1 saturated heterocycles. The van der Waals surface area contributed by atoms with Crippen LogP contribution in [-0.2, 0) is 16.6 Å². The van der Waals surface area contributed by atoms with Gasteiger partial charge in [0.15, 0.2) is 5.82 Å². The number of piperidine rings is 1. The molecule has 0 spiro atoms. The molecule has 4 rings (SSSR count). The highest BCUT2D eigenvalue weighted by atomic mass is 16.5. The van der Waals surface area contributed by atoms with E-state index in [0.717, 1.165) is 36.1 Å². The molecule has 0 radical (unpaired) electrons. The predicted octanol–water partition coefficient (Wildman–Crippen LogP) is 3.56. The third-order valence-electron chi connectivity index (χ3n) is 5.55. The largest absolute Gasteiger partial charge is 0.341 e. The first-order chi connectivity index (χ1) is 13.5. The van der Waals surface area contributed by atoms with E-state index in [-0.39, 0.29) is 11.3 Å². The third kappa shape index (κ3) is 3.67. The zero-order chi connectivity index (χ0) is 19.6. The Hall–Kier alpha value is -3.02. The number of aromatic nitrogens is 3. The van der Waals surface area contributed by atoms with Crippen molar-refractivity contribution < 1.29 is 9.32 Å². The van der Waals surface area contributed by atoms with E-state index in [1.54, 1.807) is 12.4 Å². The summed E-state index contributed by atoms with van der Waals surface area (Å²) in [6.07, 6.45) is 5.68. The van der Waals surface area contributed by atoms with E-state index < -0.39 is 0 Å². The fourth-order valence-electron chi connectivity index (χ4n) is 3.80. The van der Waals surface area contributed by atoms with Crippen LogP contribution in [0.25, 0.3) is 11.5 Å². The van der Waals surface area contributed by atoms with Gasteiger partial charge in [0.25, 0.3) is 5.89 Å². The van der Waals surface area contributed by atoms with Gasteiger partial charge in [0.2, 0.25) is 5.91 Å². The van der Waals surface area contributed by atoms with E-state index in [0.29, 0.717) is 24.7 Å². The average Bonchev–Trinajstić information content (AvgIpc) is 3.22. The van der Waals surface area contributed by atoms with Crippen molar-refractivity contribution in [2.45, 2.75) is 38.5 Å². The van der Waals surface area contributed by atoms with E-state index >= 15 is 0 Å². The molecule has 1 aliphatic rings. The van der Waals surface area contributed by atoms with Gasteiger partial charge in [0.1, 0.15) is 0 Å². The molecule has 1 atom stereocenters. The van der Waals surface area contributed by atoms with E-state index in [2.05, 4.69) is 22.0 Å². The van der Waals surface area contributed by atoms with Crippen molar-refractivity contribution >= 4 is 5.91 Å². The molecule has 0 N–H and O–H groups in total. The summed E-state index contributed by atoms with van der Waals surface area (Å²) in [4.78, 5) is 23.5. The normalized spacial score (nSPS) is 19.6. The molecule has 28 heavy (non-hydrogen) atoms. The SMILES string of the molecule is Cc1ccccc1CC(=O)N1CCCC(C)(c2noc(-c3ccncc3)n2)C1. The lowest BCUT2D eigenvalue weighted by atomic mass is 9.81. The molecule has 6 nitrogen and oxygen atoms in total. The highest BCUT2D eigenvalue weighted by Crippen LogP contribution is 2.33. The maximum atomic E-state index is 12.9. The fourth-order valence-corrected chi connectivity index (χ4v) is 3.80. The Morgan fingerprint density at radius 3 is 2.79 bits per heavy atom. The summed E-state index contributed by atoms with van der Waals surface area (Å²) in [6, 6.07) is 11.7. The molecule has 3 heterocycles. The Labute approximate surface area is 164 Å². The number of pyridine rings is 1. The van der Waals surface area contributed by atoms with Crippen molar-refractivity contribution in [1.29, 1.82) is 0 Å². The van der Waals surface area contributed by atoms with E-state index in [9.17, 15) is 4.79 Å². The molecular formula is C22H24N4O2. The molecular weight excluding hydrogens is 352 g/mol. The molecule has 144 valence electrons. The second kappa shape index (κ2) is 7.54. The zero-order valence-corrected chi connectivity index (χ0v) is 16.3. The van der Waals surface area contributed by atoms with Crippen LogP contribution < -0.4 is 0 Å². The van der Waals surface area contributed by atoms with Gasteiger partial charge in [-0.3, -0.25) is 9.78 Å². The minimum Gasteiger partial charge on any atom is -0.341 e. The summed E-state index contributed by atoms with van der Waals surface area (Å²) in [6.45, 7) is 5.53. The maximum Gasteiger partial charge on any atom is 0.258 e. The number of carbonyl (C=O) groups excluding carboxylic acids is 1. The number of hydrogen-bond acceptors (Lipinski definition) is 5. The molecule has 1 aliphatic heterocycles. The Morgan fingerprint density at radius 2 is 2.00 bits per heavy atom. The minimum absolute atomic E-state index is 0.151. The molecule has 0 aliphatic carbocycles. The monoisotopic (exact) mass is 376 g/mol. The lowest BCUT2D eigenvalue weighted by Gasteiger charge is -2.38. The third-order valence-corrected chi connectivity index (χ3v) is 5.55. The van der Waals surface area contributed by atoms with E-state index in [1.165, 1.54) is 0 Å². The van der Waals surface area contributed by atoms with Crippen molar-refractivity contribution in [1.82, 2.24) is 20.0 Å². The highest BCUT2D eigenvalue weighted by molar-refractivity contribution is 5.79. The van der Waals surface area contributed by atoms with Crippen LogP contribution in [0.2, 0.25) is 0 Å². The van der Waals surface area contributed by atoms with E-state index in [1.807, 2.05) is 48.2 Å². The Kier molecular flexibility index (Phi) is 4.94. The van der Waals surface area contributed by atoms with Gasteiger partial charge in [-0.2, -0.15) is 4.98 Å². The smallest absolute Gasteiger partial charge is 0.258 e. The van der Waals surface area contributed by atoms with E-state index in [4.69, 9.17) is 4.52 Å². The van der Waals surface area contributed by atoms with Gasteiger partial charge in [-0.25, -0.2) is 0 Å². The van der Waals surface area contributed by atoms with Gasteiger partial charge in [0.05, 0.1) is 6.42 Å². The number of carbonyl (C=O) groups is 1. The average molecular weight is 376 g/mol. The standard InChI is InChI=1S/C22H24N4O2/c1-16-6-3-4-7-18(16)14-19(27)26-13-5-10-22(2,15-26)21-24-20(28-25-21)17-8-11-23-12-9-17/h3-4,6-9,11-12H,5,10,13-15H2,1-2H3. The number of nitrogens with zero attached hydrogens (tertiary/aromatic N) is 4. The van der Waals surface area contributed by atoms with Crippen LogP contribution in [0.1, 0.15) is 36.7 Å². The highest BCUT2D eigenvalue weighted by Gasteiger charge is 2.38. The number of amides is 1. The van der Waals surface area contributed by atoms with Gasteiger partial charge in [-0.1, -0.05) is 36.3 Å². The molecule has 1 fully saturated rings. The molecule has 1 aromatic carbocycles. The van der Waals surface area contributed by atoms with Crippen LogP contribution in [0.3, 0.4) is 0 Å². The van der Waals surface area contributed by atoms with Gasteiger partial charge in [0, 0.05) is 36.5 Å². The van der Waals surface area contributed by atoms with Gasteiger partial charge in [-0.05, 0) is 43.0 Å². The molecule has 1 amide bonds. The van der Waals surface area contributed by atoms with Crippen molar-refractivity contribution in [2.24, 2.45) is 0 Å². The molecule has 1 unspecified atom stereocenters. The summed E-state index contributed by atoms with van der Waals surface area (Å²) >= 11 is 0. The van der Waals surface area contributed by atoms with Crippen LogP contribution in [-0.4, -0.2) is 39.0 Å². The number of aryl methyl sites for hydroxylation is 1. The quantitative estimate of drug-likeness (QED) is 0.696. The number of likely N-dealkylation sites (tertiary alicyclic amines) is 1. The lowest BCUT2D eigenvalue weighted by Crippen LogP contribution is -2.48. The Bertz CT molecular complexity index is 969. The van der Waals surface area contributed by atoms with Crippen LogP contribution >= 0.6 is 0 Å². The molecule has 0 saturated carbocycles. The van der Waals surface area contributed by atoms with Crippen molar-refractivity contribution in [3.63, 3.8) is 0 Å².